The minimum absolute atomic E-state index is 0.200. The standard InChI is InChI=1S/C17H19N3O5S/c21-16(18-14-5-2-1-3-6-14)13-19-8-4-7-15(17(19)22)26(23,24)20-9-11-25-12-10-20/h1-8H,9-13H2,(H,18,21). The fraction of sp³-hybridized carbons (Fsp3) is 0.294. The average molecular weight is 377 g/mol. The number of hydrogen-bond donors (Lipinski definition) is 1. The Bertz CT molecular complexity index is 934. The molecule has 1 N–H and O–H groups in total. The Labute approximate surface area is 151 Å². The number of hydrogen-bond acceptors (Lipinski definition) is 5. The first-order valence-corrected chi connectivity index (χ1v) is 9.55. The molecule has 138 valence electrons. The Hall–Kier alpha value is -2.49. The summed E-state index contributed by atoms with van der Waals surface area (Å²) in [5, 5.41) is 2.66. The molecule has 0 aliphatic carbocycles. The maximum Gasteiger partial charge on any atom is 0.271 e. The molecule has 1 aliphatic rings. The van der Waals surface area contributed by atoms with Crippen LogP contribution >= 0.6 is 0 Å². The van der Waals surface area contributed by atoms with Crippen molar-refractivity contribution in [3.8, 4) is 0 Å². The average Bonchev–Trinajstić information content (AvgIpc) is 2.65. The Morgan fingerprint density at radius 1 is 1.08 bits per heavy atom. The first-order valence-electron chi connectivity index (χ1n) is 8.11. The van der Waals surface area contributed by atoms with Gasteiger partial charge in [0.25, 0.3) is 5.56 Å². The molecule has 1 saturated heterocycles. The highest BCUT2D eigenvalue weighted by atomic mass is 32.2. The quantitative estimate of drug-likeness (QED) is 0.819. The number of aromatic nitrogens is 1. The third-order valence-electron chi connectivity index (χ3n) is 3.94. The molecule has 2 aromatic rings. The largest absolute Gasteiger partial charge is 0.379 e. The van der Waals surface area contributed by atoms with Crippen LogP contribution in [0.3, 0.4) is 0 Å². The second-order valence-electron chi connectivity index (χ2n) is 5.74. The molecule has 0 atom stereocenters. The van der Waals surface area contributed by atoms with Gasteiger partial charge in [0.15, 0.2) is 0 Å². The SMILES string of the molecule is O=C(Cn1cccc(S(=O)(=O)N2CCOCC2)c1=O)Nc1ccccc1. The maximum absolute atomic E-state index is 12.7. The number of para-hydroxylation sites is 1. The lowest BCUT2D eigenvalue weighted by Crippen LogP contribution is -2.43. The van der Waals surface area contributed by atoms with E-state index in [2.05, 4.69) is 5.32 Å². The fourth-order valence-electron chi connectivity index (χ4n) is 2.64. The number of sulfonamides is 1. The molecule has 0 saturated carbocycles. The minimum Gasteiger partial charge on any atom is -0.379 e. The summed E-state index contributed by atoms with van der Waals surface area (Å²) >= 11 is 0. The van der Waals surface area contributed by atoms with Gasteiger partial charge < -0.3 is 14.6 Å². The van der Waals surface area contributed by atoms with Crippen LogP contribution in [0.25, 0.3) is 0 Å². The summed E-state index contributed by atoms with van der Waals surface area (Å²) in [5.74, 6) is -0.417. The van der Waals surface area contributed by atoms with Crippen LogP contribution in [0.5, 0.6) is 0 Å². The summed E-state index contributed by atoms with van der Waals surface area (Å²) in [7, 11) is -3.92. The van der Waals surface area contributed by atoms with E-state index in [4.69, 9.17) is 4.74 Å². The number of pyridine rings is 1. The molecule has 26 heavy (non-hydrogen) atoms. The Kier molecular flexibility index (Phi) is 5.50. The van der Waals surface area contributed by atoms with Gasteiger partial charge in [0.05, 0.1) is 13.2 Å². The predicted octanol–water partition coefficient (Wildman–Crippen LogP) is 0.508. The Morgan fingerprint density at radius 2 is 1.77 bits per heavy atom. The van der Waals surface area contributed by atoms with Crippen LogP contribution in [0.4, 0.5) is 5.69 Å². The normalized spacial score (nSPS) is 15.5. The minimum atomic E-state index is -3.92. The van der Waals surface area contributed by atoms with Crippen molar-refractivity contribution in [2.45, 2.75) is 11.4 Å². The first kappa shape index (κ1) is 18.3. The van der Waals surface area contributed by atoms with Crippen molar-refractivity contribution in [2.75, 3.05) is 31.6 Å². The third kappa shape index (κ3) is 4.01. The number of amides is 1. The number of carbonyl (C=O) groups is 1. The second-order valence-corrected chi connectivity index (χ2v) is 7.64. The topological polar surface area (TPSA) is 97.7 Å². The van der Waals surface area contributed by atoms with Gasteiger partial charge in [0, 0.05) is 25.0 Å². The molecule has 8 nitrogen and oxygen atoms in total. The van der Waals surface area contributed by atoms with Gasteiger partial charge >= 0.3 is 0 Å². The number of morpholine rings is 1. The van der Waals surface area contributed by atoms with Crippen molar-refractivity contribution in [3.63, 3.8) is 0 Å². The van der Waals surface area contributed by atoms with Crippen molar-refractivity contribution >= 4 is 21.6 Å². The molecule has 0 bridgehead atoms. The zero-order chi connectivity index (χ0) is 18.6. The molecule has 2 heterocycles. The molecule has 0 spiro atoms. The Balaban J connectivity index is 1.81. The molecular weight excluding hydrogens is 358 g/mol. The van der Waals surface area contributed by atoms with Crippen LogP contribution in [-0.2, 0) is 26.1 Å². The van der Waals surface area contributed by atoms with E-state index in [1.54, 1.807) is 24.3 Å². The molecule has 9 heteroatoms. The van der Waals surface area contributed by atoms with Crippen LogP contribution < -0.4 is 10.9 Å². The number of ether oxygens (including phenoxy) is 1. The number of nitrogens with zero attached hydrogens (tertiary/aromatic N) is 2. The van der Waals surface area contributed by atoms with E-state index < -0.39 is 21.5 Å². The van der Waals surface area contributed by atoms with Crippen molar-refractivity contribution in [1.82, 2.24) is 8.87 Å². The summed E-state index contributed by atoms with van der Waals surface area (Å²) in [6, 6.07) is 11.5. The highest BCUT2D eigenvalue weighted by Crippen LogP contribution is 2.13. The smallest absolute Gasteiger partial charge is 0.271 e. The van der Waals surface area contributed by atoms with E-state index in [9.17, 15) is 18.0 Å². The van der Waals surface area contributed by atoms with E-state index in [-0.39, 0.29) is 24.5 Å². The number of benzene rings is 1. The molecule has 1 aromatic heterocycles. The van der Waals surface area contributed by atoms with E-state index in [0.29, 0.717) is 18.9 Å². The van der Waals surface area contributed by atoms with Crippen molar-refractivity contribution in [1.29, 1.82) is 0 Å². The zero-order valence-electron chi connectivity index (χ0n) is 14.0. The molecule has 1 fully saturated rings. The summed E-state index contributed by atoms with van der Waals surface area (Å²) in [6.07, 6.45) is 1.39. The summed E-state index contributed by atoms with van der Waals surface area (Å²) < 4.78 is 32.9. The summed E-state index contributed by atoms with van der Waals surface area (Å²) in [4.78, 5) is 24.4. The summed E-state index contributed by atoms with van der Waals surface area (Å²) in [6.45, 7) is 0.704. The van der Waals surface area contributed by atoms with Gasteiger partial charge in [0.1, 0.15) is 11.4 Å². The summed E-state index contributed by atoms with van der Waals surface area (Å²) in [5.41, 5.74) is -0.121. The lowest BCUT2D eigenvalue weighted by Gasteiger charge is -2.25. The van der Waals surface area contributed by atoms with Gasteiger partial charge in [-0.05, 0) is 24.3 Å². The van der Waals surface area contributed by atoms with Gasteiger partial charge in [-0.15, -0.1) is 0 Å². The zero-order valence-corrected chi connectivity index (χ0v) is 14.8. The van der Waals surface area contributed by atoms with Gasteiger partial charge in [0.2, 0.25) is 15.9 Å². The van der Waals surface area contributed by atoms with Crippen LogP contribution in [0.2, 0.25) is 0 Å². The van der Waals surface area contributed by atoms with E-state index >= 15 is 0 Å². The van der Waals surface area contributed by atoms with Crippen molar-refractivity contribution in [3.05, 3.63) is 59.0 Å². The fourth-order valence-corrected chi connectivity index (χ4v) is 4.13. The lowest BCUT2D eigenvalue weighted by atomic mass is 10.3. The predicted molar refractivity (Wildman–Crippen MR) is 95.4 cm³/mol. The van der Waals surface area contributed by atoms with E-state index in [1.165, 1.54) is 22.6 Å². The van der Waals surface area contributed by atoms with Gasteiger partial charge in [-0.25, -0.2) is 8.42 Å². The number of nitrogens with one attached hydrogen (secondary N) is 1. The number of anilines is 1. The van der Waals surface area contributed by atoms with Gasteiger partial charge in [-0.1, -0.05) is 18.2 Å². The monoisotopic (exact) mass is 377 g/mol. The molecule has 1 aromatic carbocycles. The number of carbonyl (C=O) groups excluding carboxylic acids is 1. The molecule has 1 aliphatic heterocycles. The van der Waals surface area contributed by atoms with E-state index in [0.717, 1.165) is 4.57 Å². The molecule has 0 unspecified atom stereocenters. The van der Waals surface area contributed by atoms with E-state index in [1.807, 2.05) is 6.07 Å². The first-order chi connectivity index (χ1) is 12.5. The van der Waals surface area contributed by atoms with Crippen LogP contribution in [-0.4, -0.2) is 49.5 Å². The molecule has 0 radical (unpaired) electrons. The Morgan fingerprint density at radius 3 is 2.46 bits per heavy atom. The second kappa shape index (κ2) is 7.81. The van der Waals surface area contributed by atoms with Crippen LogP contribution in [0.15, 0.2) is 58.4 Å². The van der Waals surface area contributed by atoms with Crippen LogP contribution in [0, 0.1) is 0 Å². The lowest BCUT2D eigenvalue weighted by molar-refractivity contribution is -0.116. The van der Waals surface area contributed by atoms with Gasteiger partial charge in [-0.2, -0.15) is 4.31 Å². The van der Waals surface area contributed by atoms with Crippen molar-refractivity contribution < 1.29 is 17.9 Å². The third-order valence-corrected chi connectivity index (χ3v) is 5.86. The maximum atomic E-state index is 12.7. The molecule has 1 amide bonds. The van der Waals surface area contributed by atoms with Crippen LogP contribution in [0.1, 0.15) is 0 Å². The van der Waals surface area contributed by atoms with Gasteiger partial charge in [-0.3, -0.25) is 9.59 Å². The molecular formula is C17H19N3O5S. The number of rotatable bonds is 5. The molecule has 3 rings (SSSR count). The highest BCUT2D eigenvalue weighted by molar-refractivity contribution is 7.89. The van der Waals surface area contributed by atoms with Crippen molar-refractivity contribution in [2.24, 2.45) is 0 Å². The highest BCUT2D eigenvalue weighted by Gasteiger charge is 2.29.